The predicted octanol–water partition coefficient (Wildman–Crippen LogP) is 5.31. The van der Waals surface area contributed by atoms with Crippen molar-refractivity contribution in [1.82, 2.24) is 4.57 Å². The topological polar surface area (TPSA) is 38.0 Å². The lowest BCUT2D eigenvalue weighted by molar-refractivity contribution is 0.414. The molecule has 3 aromatic rings. The van der Waals surface area contributed by atoms with Gasteiger partial charge in [-0.2, -0.15) is 5.26 Å². The molecule has 0 saturated carbocycles. The maximum atomic E-state index is 13.1. The molecular formula is C22H19FN2O. The number of methoxy groups -OCH3 is 1. The molecule has 1 aromatic heterocycles. The molecule has 0 N–H and O–H groups in total. The van der Waals surface area contributed by atoms with Gasteiger partial charge in [0.15, 0.2) is 0 Å². The molecule has 0 amide bonds. The van der Waals surface area contributed by atoms with Crippen LogP contribution in [0.25, 0.3) is 17.3 Å². The van der Waals surface area contributed by atoms with Gasteiger partial charge in [-0.15, -0.1) is 0 Å². The van der Waals surface area contributed by atoms with Gasteiger partial charge in [0.1, 0.15) is 11.6 Å². The van der Waals surface area contributed by atoms with Crippen molar-refractivity contribution in [3.63, 3.8) is 0 Å². The van der Waals surface area contributed by atoms with E-state index in [-0.39, 0.29) is 5.82 Å². The zero-order valence-corrected chi connectivity index (χ0v) is 15.0. The Labute approximate surface area is 152 Å². The third-order valence-corrected chi connectivity index (χ3v) is 4.38. The summed E-state index contributed by atoms with van der Waals surface area (Å²) in [5.41, 5.74) is 5.28. The number of benzene rings is 2. The highest BCUT2D eigenvalue weighted by Crippen LogP contribution is 2.26. The SMILES string of the molecule is COc1ccc(-n2c(C)cc(C=C(C#N)c3ccc(F)cc3)c2C)cc1. The Morgan fingerprint density at radius 3 is 2.31 bits per heavy atom. The van der Waals surface area contributed by atoms with Crippen molar-refractivity contribution in [3.05, 3.63) is 82.9 Å². The van der Waals surface area contributed by atoms with Gasteiger partial charge in [-0.1, -0.05) is 12.1 Å². The van der Waals surface area contributed by atoms with Crippen molar-refractivity contribution >= 4 is 11.6 Å². The lowest BCUT2D eigenvalue weighted by Crippen LogP contribution is -1.99. The number of halogens is 1. The zero-order chi connectivity index (χ0) is 18.7. The summed E-state index contributed by atoms with van der Waals surface area (Å²) < 4.78 is 20.5. The van der Waals surface area contributed by atoms with E-state index in [0.29, 0.717) is 11.1 Å². The number of allylic oxidation sites excluding steroid dienone is 1. The molecule has 0 spiro atoms. The Morgan fingerprint density at radius 1 is 1.08 bits per heavy atom. The van der Waals surface area contributed by atoms with Gasteiger partial charge in [-0.05, 0) is 73.5 Å². The average Bonchev–Trinajstić information content (AvgIpc) is 2.94. The van der Waals surface area contributed by atoms with E-state index in [2.05, 4.69) is 10.6 Å². The van der Waals surface area contributed by atoms with Crippen LogP contribution < -0.4 is 4.74 Å². The van der Waals surface area contributed by atoms with Crippen LogP contribution in [0.15, 0.2) is 54.6 Å². The first-order chi connectivity index (χ1) is 12.5. The molecule has 0 fully saturated rings. The number of nitrogens with zero attached hydrogens (tertiary/aromatic N) is 2. The Balaban J connectivity index is 2.03. The fourth-order valence-electron chi connectivity index (χ4n) is 3.03. The van der Waals surface area contributed by atoms with Crippen molar-refractivity contribution in [3.8, 4) is 17.5 Å². The molecule has 0 aliphatic heterocycles. The van der Waals surface area contributed by atoms with Gasteiger partial charge in [-0.3, -0.25) is 0 Å². The summed E-state index contributed by atoms with van der Waals surface area (Å²) in [6.07, 6.45) is 1.84. The number of aromatic nitrogens is 1. The second-order valence-corrected chi connectivity index (χ2v) is 6.04. The lowest BCUT2D eigenvalue weighted by Gasteiger charge is -2.10. The summed E-state index contributed by atoms with van der Waals surface area (Å²) in [6, 6.07) is 18.0. The van der Waals surface area contributed by atoms with Crippen LogP contribution in [0.2, 0.25) is 0 Å². The van der Waals surface area contributed by atoms with Crippen LogP contribution in [-0.4, -0.2) is 11.7 Å². The largest absolute Gasteiger partial charge is 0.497 e. The molecule has 130 valence electrons. The highest BCUT2D eigenvalue weighted by atomic mass is 19.1. The smallest absolute Gasteiger partial charge is 0.123 e. The maximum absolute atomic E-state index is 13.1. The first-order valence-corrected chi connectivity index (χ1v) is 8.24. The number of rotatable bonds is 4. The normalized spacial score (nSPS) is 11.3. The van der Waals surface area contributed by atoms with Gasteiger partial charge < -0.3 is 9.30 Å². The van der Waals surface area contributed by atoms with Crippen LogP contribution in [0, 0.1) is 31.0 Å². The van der Waals surface area contributed by atoms with E-state index < -0.39 is 0 Å². The van der Waals surface area contributed by atoms with Crippen molar-refractivity contribution in [2.45, 2.75) is 13.8 Å². The van der Waals surface area contributed by atoms with Gasteiger partial charge in [0.25, 0.3) is 0 Å². The van der Waals surface area contributed by atoms with Crippen LogP contribution >= 0.6 is 0 Å². The summed E-state index contributed by atoms with van der Waals surface area (Å²) in [4.78, 5) is 0. The molecule has 0 atom stereocenters. The predicted molar refractivity (Wildman–Crippen MR) is 102 cm³/mol. The summed E-state index contributed by atoms with van der Waals surface area (Å²) in [5, 5.41) is 9.52. The van der Waals surface area contributed by atoms with Gasteiger partial charge in [0.2, 0.25) is 0 Å². The van der Waals surface area contributed by atoms with E-state index in [1.54, 1.807) is 19.2 Å². The Morgan fingerprint density at radius 2 is 1.73 bits per heavy atom. The molecule has 0 saturated heterocycles. The highest BCUT2D eigenvalue weighted by Gasteiger charge is 2.11. The molecule has 26 heavy (non-hydrogen) atoms. The van der Waals surface area contributed by atoms with Crippen LogP contribution in [0.4, 0.5) is 4.39 Å². The molecular weight excluding hydrogens is 327 g/mol. The van der Waals surface area contributed by atoms with Crippen molar-refractivity contribution in [2.75, 3.05) is 7.11 Å². The number of ether oxygens (including phenoxy) is 1. The summed E-state index contributed by atoms with van der Waals surface area (Å²) in [6.45, 7) is 4.04. The molecule has 2 aromatic carbocycles. The van der Waals surface area contributed by atoms with E-state index >= 15 is 0 Å². The molecule has 3 rings (SSSR count). The van der Waals surface area contributed by atoms with Crippen molar-refractivity contribution < 1.29 is 9.13 Å². The number of hydrogen-bond acceptors (Lipinski definition) is 2. The zero-order valence-electron chi connectivity index (χ0n) is 15.0. The standard InChI is InChI=1S/C22H19FN2O/c1-15-12-18(13-19(14-24)17-4-6-20(23)7-5-17)16(2)25(15)21-8-10-22(26-3)11-9-21/h4-13H,1-3H3. The number of aryl methyl sites for hydroxylation is 1. The molecule has 0 bridgehead atoms. The van der Waals surface area contributed by atoms with E-state index in [1.807, 2.05) is 50.3 Å². The molecule has 0 radical (unpaired) electrons. The van der Waals surface area contributed by atoms with Crippen molar-refractivity contribution in [1.29, 1.82) is 5.26 Å². The average molecular weight is 346 g/mol. The van der Waals surface area contributed by atoms with E-state index in [4.69, 9.17) is 4.74 Å². The maximum Gasteiger partial charge on any atom is 0.123 e. The van der Waals surface area contributed by atoms with Crippen molar-refractivity contribution in [2.24, 2.45) is 0 Å². The molecule has 1 heterocycles. The first kappa shape index (κ1) is 17.5. The second kappa shape index (κ2) is 7.28. The fourth-order valence-corrected chi connectivity index (χ4v) is 3.03. The molecule has 3 nitrogen and oxygen atoms in total. The Bertz CT molecular complexity index is 990. The van der Waals surface area contributed by atoms with Gasteiger partial charge in [0.05, 0.1) is 18.8 Å². The lowest BCUT2D eigenvalue weighted by atomic mass is 10.0. The van der Waals surface area contributed by atoms with Crippen LogP contribution in [0.5, 0.6) is 5.75 Å². The molecule has 0 aliphatic carbocycles. The molecule has 4 heteroatoms. The van der Waals surface area contributed by atoms with Gasteiger partial charge in [-0.25, -0.2) is 4.39 Å². The Kier molecular flexibility index (Phi) is 4.90. The fraction of sp³-hybridized carbons (Fsp3) is 0.136. The minimum atomic E-state index is -0.316. The number of nitriles is 1. The van der Waals surface area contributed by atoms with Crippen LogP contribution in [0.1, 0.15) is 22.5 Å². The van der Waals surface area contributed by atoms with E-state index in [1.165, 1.54) is 12.1 Å². The molecule has 0 unspecified atom stereocenters. The minimum absolute atomic E-state index is 0.316. The highest BCUT2D eigenvalue weighted by molar-refractivity contribution is 5.90. The van der Waals surface area contributed by atoms with E-state index in [9.17, 15) is 9.65 Å². The second-order valence-electron chi connectivity index (χ2n) is 6.04. The third-order valence-electron chi connectivity index (χ3n) is 4.38. The van der Waals surface area contributed by atoms with Crippen LogP contribution in [0.3, 0.4) is 0 Å². The summed E-state index contributed by atoms with van der Waals surface area (Å²) in [7, 11) is 1.64. The van der Waals surface area contributed by atoms with Crippen LogP contribution in [-0.2, 0) is 0 Å². The number of hydrogen-bond donors (Lipinski definition) is 0. The quantitative estimate of drug-likeness (QED) is 0.601. The van der Waals surface area contributed by atoms with Gasteiger partial charge in [0, 0.05) is 17.1 Å². The first-order valence-electron chi connectivity index (χ1n) is 8.24. The summed E-state index contributed by atoms with van der Waals surface area (Å²) in [5.74, 6) is 0.489. The monoisotopic (exact) mass is 346 g/mol. The van der Waals surface area contributed by atoms with E-state index in [0.717, 1.165) is 28.4 Å². The third kappa shape index (κ3) is 3.38. The minimum Gasteiger partial charge on any atom is -0.497 e. The summed E-state index contributed by atoms with van der Waals surface area (Å²) >= 11 is 0. The van der Waals surface area contributed by atoms with Gasteiger partial charge >= 0.3 is 0 Å². The molecule has 0 aliphatic rings. The Hall–Kier alpha value is -3.32.